The smallest absolute Gasteiger partial charge is 0.113 e. The zero-order valence-electron chi connectivity index (χ0n) is 9.32. The van der Waals surface area contributed by atoms with E-state index >= 15 is 0 Å². The van der Waals surface area contributed by atoms with Crippen molar-refractivity contribution in [3.63, 3.8) is 0 Å². The zero-order chi connectivity index (χ0) is 12.5. The number of halogens is 2. The second kappa shape index (κ2) is 4.81. The second-order valence-electron chi connectivity index (χ2n) is 4.06. The third-order valence-electron chi connectivity index (χ3n) is 2.79. The third-order valence-corrected chi connectivity index (χ3v) is 3.72. The van der Waals surface area contributed by atoms with E-state index in [4.69, 9.17) is 11.6 Å². The van der Waals surface area contributed by atoms with Crippen LogP contribution in [0.3, 0.4) is 0 Å². The lowest BCUT2D eigenvalue weighted by atomic mass is 9.88. The fraction of sp³-hybridized carbons (Fsp3) is 0.143. The van der Waals surface area contributed by atoms with Crippen LogP contribution in [0.25, 0.3) is 0 Å². The summed E-state index contributed by atoms with van der Waals surface area (Å²) in [6.07, 6.45) is 0. The molecule has 1 nitrogen and oxygen atoms in total. The van der Waals surface area contributed by atoms with Crippen molar-refractivity contribution in [2.45, 2.75) is 12.5 Å². The van der Waals surface area contributed by atoms with Crippen molar-refractivity contribution in [2.75, 3.05) is 0 Å². The summed E-state index contributed by atoms with van der Waals surface area (Å²) in [4.78, 5) is 0. The molecule has 17 heavy (non-hydrogen) atoms. The predicted molar refractivity (Wildman–Crippen MR) is 74.3 cm³/mol. The lowest BCUT2D eigenvalue weighted by Crippen LogP contribution is -2.23. The Balaban J connectivity index is 2.55. The Kier molecular flexibility index (Phi) is 3.57. The van der Waals surface area contributed by atoms with Gasteiger partial charge >= 0.3 is 0 Å². The van der Waals surface area contributed by atoms with Gasteiger partial charge < -0.3 is 5.11 Å². The molecule has 2 aromatic carbocycles. The maximum atomic E-state index is 10.7. The second-order valence-corrected chi connectivity index (χ2v) is 5.35. The molecule has 1 N–H and O–H groups in total. The third kappa shape index (κ3) is 2.54. The van der Waals surface area contributed by atoms with E-state index in [2.05, 4.69) is 15.9 Å². The van der Waals surface area contributed by atoms with Crippen LogP contribution in [-0.2, 0) is 5.60 Å². The van der Waals surface area contributed by atoms with E-state index in [1.165, 1.54) is 0 Å². The molecule has 3 heteroatoms. The monoisotopic (exact) mass is 310 g/mol. The standard InChI is InChI=1S/C14H12BrClO/c1-14(17,10-5-3-2-4-6-10)12-9-11(16)7-8-13(12)15/h2-9,17H,1H3. The lowest BCUT2D eigenvalue weighted by molar-refractivity contribution is 0.101. The Hall–Kier alpha value is -0.830. The Morgan fingerprint density at radius 2 is 1.76 bits per heavy atom. The Morgan fingerprint density at radius 3 is 2.41 bits per heavy atom. The van der Waals surface area contributed by atoms with E-state index in [0.29, 0.717) is 5.02 Å². The molecule has 88 valence electrons. The van der Waals surface area contributed by atoms with Crippen LogP contribution < -0.4 is 0 Å². The Bertz CT molecular complexity index is 523. The summed E-state index contributed by atoms with van der Waals surface area (Å²) in [7, 11) is 0. The van der Waals surface area contributed by atoms with Gasteiger partial charge in [0.15, 0.2) is 0 Å². The molecule has 0 fully saturated rings. The first-order valence-corrected chi connectivity index (χ1v) is 6.42. The van der Waals surface area contributed by atoms with Gasteiger partial charge in [0.25, 0.3) is 0 Å². The number of aliphatic hydroxyl groups is 1. The minimum absolute atomic E-state index is 0.611. The highest BCUT2D eigenvalue weighted by molar-refractivity contribution is 9.10. The van der Waals surface area contributed by atoms with Crippen LogP contribution in [-0.4, -0.2) is 5.11 Å². The van der Waals surface area contributed by atoms with Gasteiger partial charge in [-0.05, 0) is 30.7 Å². The summed E-state index contributed by atoms with van der Waals surface area (Å²) in [6.45, 7) is 1.76. The van der Waals surface area contributed by atoms with Gasteiger partial charge in [0.05, 0.1) is 0 Å². The van der Waals surface area contributed by atoms with Gasteiger partial charge in [-0.25, -0.2) is 0 Å². The van der Waals surface area contributed by atoms with Gasteiger partial charge in [0, 0.05) is 15.1 Å². The van der Waals surface area contributed by atoms with E-state index in [1.54, 1.807) is 19.1 Å². The first kappa shape index (κ1) is 12.6. The van der Waals surface area contributed by atoms with Gasteiger partial charge in [0.1, 0.15) is 5.60 Å². The molecule has 0 aliphatic rings. The fourth-order valence-electron chi connectivity index (χ4n) is 1.79. The highest BCUT2D eigenvalue weighted by atomic mass is 79.9. The van der Waals surface area contributed by atoms with Crippen molar-refractivity contribution >= 4 is 27.5 Å². The van der Waals surface area contributed by atoms with Crippen molar-refractivity contribution in [3.8, 4) is 0 Å². The van der Waals surface area contributed by atoms with E-state index < -0.39 is 5.60 Å². The summed E-state index contributed by atoms with van der Waals surface area (Å²) in [5, 5.41) is 11.3. The van der Waals surface area contributed by atoms with Crippen molar-refractivity contribution in [1.29, 1.82) is 0 Å². The molecule has 2 rings (SSSR count). The molecule has 0 amide bonds. The van der Waals surface area contributed by atoms with Crippen molar-refractivity contribution < 1.29 is 5.11 Å². The summed E-state index contributed by atoms with van der Waals surface area (Å²) >= 11 is 9.42. The number of benzene rings is 2. The Labute approximate surface area is 114 Å². The van der Waals surface area contributed by atoms with Gasteiger partial charge in [0.2, 0.25) is 0 Å². The predicted octanol–water partition coefficient (Wildman–Crippen LogP) is 4.36. The van der Waals surface area contributed by atoms with E-state index in [9.17, 15) is 5.11 Å². The largest absolute Gasteiger partial charge is 0.381 e. The van der Waals surface area contributed by atoms with Crippen LogP contribution >= 0.6 is 27.5 Å². The van der Waals surface area contributed by atoms with Gasteiger partial charge in [-0.15, -0.1) is 0 Å². The molecule has 0 saturated carbocycles. The Morgan fingerprint density at radius 1 is 1.12 bits per heavy atom. The molecule has 0 aliphatic carbocycles. The van der Waals surface area contributed by atoms with Gasteiger partial charge in [-0.1, -0.05) is 57.9 Å². The number of hydrogen-bond acceptors (Lipinski definition) is 1. The first-order valence-electron chi connectivity index (χ1n) is 5.25. The summed E-state index contributed by atoms with van der Waals surface area (Å²) in [5.74, 6) is 0. The SMILES string of the molecule is CC(O)(c1ccccc1)c1cc(Cl)ccc1Br. The van der Waals surface area contributed by atoms with E-state index in [0.717, 1.165) is 15.6 Å². The van der Waals surface area contributed by atoms with Crippen LogP contribution in [0.4, 0.5) is 0 Å². The van der Waals surface area contributed by atoms with E-state index in [1.807, 2.05) is 36.4 Å². The molecule has 1 atom stereocenters. The topological polar surface area (TPSA) is 20.2 Å². The minimum Gasteiger partial charge on any atom is -0.381 e. The molecule has 0 aliphatic heterocycles. The number of rotatable bonds is 2. The van der Waals surface area contributed by atoms with Gasteiger partial charge in [-0.2, -0.15) is 0 Å². The highest BCUT2D eigenvalue weighted by Gasteiger charge is 2.27. The van der Waals surface area contributed by atoms with E-state index in [-0.39, 0.29) is 0 Å². The average Bonchev–Trinajstić information content (AvgIpc) is 2.33. The molecule has 0 aromatic heterocycles. The molecule has 0 saturated heterocycles. The normalized spacial score (nSPS) is 14.4. The van der Waals surface area contributed by atoms with Crippen molar-refractivity contribution in [2.24, 2.45) is 0 Å². The summed E-state index contributed by atoms with van der Waals surface area (Å²) in [6, 6.07) is 14.9. The molecule has 0 bridgehead atoms. The average molecular weight is 312 g/mol. The summed E-state index contributed by atoms with van der Waals surface area (Å²) in [5.41, 5.74) is 0.532. The van der Waals surface area contributed by atoms with Crippen LogP contribution in [0.5, 0.6) is 0 Å². The molecule has 1 unspecified atom stereocenters. The highest BCUT2D eigenvalue weighted by Crippen LogP contribution is 2.35. The quantitative estimate of drug-likeness (QED) is 0.874. The lowest BCUT2D eigenvalue weighted by Gasteiger charge is -2.25. The summed E-state index contributed by atoms with van der Waals surface area (Å²) < 4.78 is 0.843. The molecular formula is C14H12BrClO. The zero-order valence-corrected chi connectivity index (χ0v) is 11.7. The van der Waals surface area contributed by atoms with Crippen LogP contribution in [0.2, 0.25) is 5.02 Å². The molecule has 0 spiro atoms. The maximum Gasteiger partial charge on any atom is 0.113 e. The first-order chi connectivity index (χ1) is 8.01. The van der Waals surface area contributed by atoms with Gasteiger partial charge in [-0.3, -0.25) is 0 Å². The minimum atomic E-state index is -1.06. The van der Waals surface area contributed by atoms with Crippen LogP contribution in [0.15, 0.2) is 53.0 Å². The molecule has 2 aromatic rings. The molecule has 0 radical (unpaired) electrons. The maximum absolute atomic E-state index is 10.7. The fourth-order valence-corrected chi connectivity index (χ4v) is 2.59. The van der Waals surface area contributed by atoms with Crippen molar-refractivity contribution in [3.05, 3.63) is 69.2 Å². The number of hydrogen-bond donors (Lipinski definition) is 1. The van der Waals surface area contributed by atoms with Crippen LogP contribution in [0, 0.1) is 0 Å². The van der Waals surface area contributed by atoms with Crippen LogP contribution in [0.1, 0.15) is 18.1 Å². The van der Waals surface area contributed by atoms with Crippen molar-refractivity contribution in [1.82, 2.24) is 0 Å². The molecule has 0 heterocycles. The molecular weight excluding hydrogens is 300 g/mol.